The van der Waals surface area contributed by atoms with Gasteiger partial charge in [-0.1, -0.05) is 32.0 Å². The third kappa shape index (κ3) is 2.32. The summed E-state index contributed by atoms with van der Waals surface area (Å²) in [5, 5.41) is 0. The minimum absolute atomic E-state index is 0.111. The normalized spacial score (nSPS) is 13.6. The summed E-state index contributed by atoms with van der Waals surface area (Å²) in [7, 11) is 3.97. The molecule has 0 aliphatic carbocycles. The molecule has 2 heteroatoms. The molecule has 1 aromatic rings. The Kier molecular flexibility index (Phi) is 3.64. The highest BCUT2D eigenvalue weighted by atomic mass is 19.1. The second kappa shape index (κ2) is 4.56. The van der Waals surface area contributed by atoms with Gasteiger partial charge in [-0.15, -0.1) is 0 Å². The van der Waals surface area contributed by atoms with Crippen LogP contribution in [-0.4, -0.2) is 19.0 Å². The Balaban J connectivity index is 3.05. The second-order valence-electron chi connectivity index (χ2n) is 4.17. The van der Waals surface area contributed by atoms with Crippen LogP contribution in [0, 0.1) is 11.7 Å². The monoisotopic (exact) mass is 195 g/mol. The molecule has 0 spiro atoms. The zero-order valence-corrected chi connectivity index (χ0v) is 9.29. The number of nitrogens with zero attached hydrogens (tertiary/aromatic N) is 1. The average Bonchev–Trinajstić information content (AvgIpc) is 2.07. The summed E-state index contributed by atoms with van der Waals surface area (Å²) >= 11 is 0. The van der Waals surface area contributed by atoms with E-state index in [0.29, 0.717) is 5.92 Å². The lowest BCUT2D eigenvalue weighted by Crippen LogP contribution is -2.25. The van der Waals surface area contributed by atoms with Gasteiger partial charge in [0.05, 0.1) is 0 Å². The van der Waals surface area contributed by atoms with Gasteiger partial charge in [-0.3, -0.25) is 0 Å². The van der Waals surface area contributed by atoms with Gasteiger partial charge in [0.1, 0.15) is 5.82 Å². The van der Waals surface area contributed by atoms with Crippen LogP contribution in [0.5, 0.6) is 0 Å². The van der Waals surface area contributed by atoms with E-state index in [1.54, 1.807) is 6.07 Å². The van der Waals surface area contributed by atoms with E-state index in [9.17, 15) is 4.39 Å². The molecule has 0 heterocycles. The van der Waals surface area contributed by atoms with Crippen molar-refractivity contribution in [1.29, 1.82) is 0 Å². The molecule has 0 radical (unpaired) electrons. The van der Waals surface area contributed by atoms with Crippen LogP contribution >= 0.6 is 0 Å². The molecule has 0 N–H and O–H groups in total. The summed E-state index contributed by atoms with van der Waals surface area (Å²) in [6.45, 7) is 4.22. The summed E-state index contributed by atoms with van der Waals surface area (Å²) in [6.07, 6.45) is 0. The van der Waals surface area contributed by atoms with Crippen LogP contribution in [0.4, 0.5) is 4.39 Å². The van der Waals surface area contributed by atoms with Crippen LogP contribution < -0.4 is 0 Å². The van der Waals surface area contributed by atoms with E-state index in [0.717, 1.165) is 5.56 Å². The highest BCUT2D eigenvalue weighted by Gasteiger charge is 2.20. The van der Waals surface area contributed by atoms with Gasteiger partial charge in [0, 0.05) is 11.6 Å². The minimum Gasteiger partial charge on any atom is -0.302 e. The molecule has 1 unspecified atom stereocenters. The molecule has 0 aromatic heterocycles. The van der Waals surface area contributed by atoms with E-state index < -0.39 is 0 Å². The molecule has 0 amide bonds. The van der Waals surface area contributed by atoms with Gasteiger partial charge in [0.15, 0.2) is 0 Å². The van der Waals surface area contributed by atoms with Crippen molar-refractivity contribution in [2.24, 2.45) is 5.92 Å². The molecular formula is C12H18FN. The Morgan fingerprint density at radius 3 is 2.14 bits per heavy atom. The van der Waals surface area contributed by atoms with Gasteiger partial charge in [-0.25, -0.2) is 4.39 Å². The number of benzene rings is 1. The van der Waals surface area contributed by atoms with Crippen LogP contribution in [0.3, 0.4) is 0 Å². The second-order valence-corrected chi connectivity index (χ2v) is 4.17. The van der Waals surface area contributed by atoms with Crippen molar-refractivity contribution in [2.45, 2.75) is 19.9 Å². The molecule has 0 aliphatic heterocycles. The van der Waals surface area contributed by atoms with Crippen LogP contribution in [0.1, 0.15) is 25.5 Å². The summed E-state index contributed by atoms with van der Waals surface area (Å²) in [5.74, 6) is 0.293. The maximum absolute atomic E-state index is 13.5. The molecule has 0 saturated carbocycles. The van der Waals surface area contributed by atoms with Gasteiger partial charge in [0.25, 0.3) is 0 Å². The molecule has 0 aliphatic rings. The quantitative estimate of drug-likeness (QED) is 0.716. The molecule has 1 atom stereocenters. The topological polar surface area (TPSA) is 3.24 Å². The van der Waals surface area contributed by atoms with E-state index in [1.165, 1.54) is 6.07 Å². The van der Waals surface area contributed by atoms with Crippen LogP contribution in [0.25, 0.3) is 0 Å². The molecule has 1 nitrogen and oxygen atoms in total. The molecule has 0 bridgehead atoms. The first kappa shape index (κ1) is 11.2. The summed E-state index contributed by atoms with van der Waals surface area (Å²) in [4.78, 5) is 2.06. The number of halogens is 1. The van der Waals surface area contributed by atoms with E-state index in [4.69, 9.17) is 0 Å². The van der Waals surface area contributed by atoms with Gasteiger partial charge in [0.2, 0.25) is 0 Å². The fraction of sp³-hybridized carbons (Fsp3) is 0.500. The van der Waals surface area contributed by atoms with Crippen LogP contribution in [0.2, 0.25) is 0 Å². The van der Waals surface area contributed by atoms with E-state index in [2.05, 4.69) is 18.7 Å². The fourth-order valence-electron chi connectivity index (χ4n) is 1.95. The predicted molar refractivity (Wildman–Crippen MR) is 57.7 cm³/mol. The molecular weight excluding hydrogens is 177 g/mol. The van der Waals surface area contributed by atoms with Gasteiger partial charge in [-0.2, -0.15) is 0 Å². The Hall–Kier alpha value is -0.890. The fourth-order valence-corrected chi connectivity index (χ4v) is 1.95. The highest BCUT2D eigenvalue weighted by molar-refractivity contribution is 5.21. The molecule has 78 valence electrons. The highest BCUT2D eigenvalue weighted by Crippen LogP contribution is 2.27. The van der Waals surface area contributed by atoms with Gasteiger partial charge >= 0.3 is 0 Å². The standard InChI is InChI=1S/C12H18FN/c1-9(2)12(14(3)4)10-7-5-6-8-11(10)13/h5-9,12H,1-4H3. The van der Waals surface area contributed by atoms with E-state index in [1.807, 2.05) is 26.2 Å². The third-order valence-corrected chi connectivity index (χ3v) is 2.41. The Morgan fingerprint density at radius 1 is 1.14 bits per heavy atom. The van der Waals surface area contributed by atoms with Crippen molar-refractivity contribution >= 4 is 0 Å². The van der Waals surface area contributed by atoms with Crippen molar-refractivity contribution in [1.82, 2.24) is 4.90 Å². The van der Waals surface area contributed by atoms with E-state index >= 15 is 0 Å². The zero-order valence-electron chi connectivity index (χ0n) is 9.29. The maximum Gasteiger partial charge on any atom is 0.127 e. The zero-order chi connectivity index (χ0) is 10.7. The molecule has 1 aromatic carbocycles. The minimum atomic E-state index is -0.111. The predicted octanol–water partition coefficient (Wildman–Crippen LogP) is 3.08. The van der Waals surface area contributed by atoms with Crippen molar-refractivity contribution in [2.75, 3.05) is 14.1 Å². The summed E-state index contributed by atoms with van der Waals surface area (Å²) in [5.41, 5.74) is 0.785. The Morgan fingerprint density at radius 2 is 1.71 bits per heavy atom. The number of hydrogen-bond acceptors (Lipinski definition) is 1. The molecule has 14 heavy (non-hydrogen) atoms. The van der Waals surface area contributed by atoms with Crippen LogP contribution in [0.15, 0.2) is 24.3 Å². The third-order valence-electron chi connectivity index (χ3n) is 2.41. The first-order valence-electron chi connectivity index (χ1n) is 4.95. The Labute approximate surface area is 85.5 Å². The van der Waals surface area contributed by atoms with Crippen molar-refractivity contribution in [3.63, 3.8) is 0 Å². The first-order chi connectivity index (χ1) is 6.54. The van der Waals surface area contributed by atoms with Crippen molar-refractivity contribution < 1.29 is 4.39 Å². The Bertz CT molecular complexity index is 286. The SMILES string of the molecule is CC(C)C(c1ccccc1F)N(C)C. The number of hydrogen-bond donors (Lipinski definition) is 0. The van der Waals surface area contributed by atoms with Gasteiger partial charge < -0.3 is 4.90 Å². The lowest BCUT2D eigenvalue weighted by Gasteiger charge is -2.28. The van der Waals surface area contributed by atoms with Crippen molar-refractivity contribution in [3.05, 3.63) is 35.6 Å². The van der Waals surface area contributed by atoms with Crippen molar-refractivity contribution in [3.8, 4) is 0 Å². The smallest absolute Gasteiger partial charge is 0.127 e. The van der Waals surface area contributed by atoms with Crippen LogP contribution in [-0.2, 0) is 0 Å². The first-order valence-corrected chi connectivity index (χ1v) is 4.95. The molecule has 1 rings (SSSR count). The van der Waals surface area contributed by atoms with Gasteiger partial charge in [-0.05, 0) is 26.1 Å². The molecule has 0 fully saturated rings. The summed E-state index contributed by atoms with van der Waals surface area (Å²) < 4.78 is 13.5. The largest absolute Gasteiger partial charge is 0.302 e. The summed E-state index contributed by atoms with van der Waals surface area (Å²) in [6, 6.07) is 7.15. The van der Waals surface area contributed by atoms with E-state index in [-0.39, 0.29) is 11.9 Å². The number of rotatable bonds is 3. The average molecular weight is 195 g/mol. The maximum atomic E-state index is 13.5. The molecule has 0 saturated heterocycles. The lowest BCUT2D eigenvalue weighted by atomic mass is 9.95. The lowest BCUT2D eigenvalue weighted by molar-refractivity contribution is 0.229.